The van der Waals surface area contributed by atoms with Crippen LogP contribution in [-0.4, -0.2) is 26.6 Å². The van der Waals surface area contributed by atoms with Gasteiger partial charge in [0.05, 0.1) is 10.7 Å². The van der Waals surface area contributed by atoms with Crippen LogP contribution < -0.4 is 16.6 Å². The van der Waals surface area contributed by atoms with Gasteiger partial charge in [-0.05, 0) is 13.3 Å². The zero-order chi connectivity index (χ0) is 17.0. The predicted octanol–water partition coefficient (Wildman–Crippen LogP) is 0.233. The lowest BCUT2D eigenvalue weighted by Crippen LogP contribution is -2.40. The minimum Gasteiger partial charge on any atom is -0.354 e. The lowest BCUT2D eigenvalue weighted by Gasteiger charge is -2.07. The maximum atomic E-state index is 11.9. The second kappa shape index (κ2) is 7.36. The van der Waals surface area contributed by atoms with E-state index in [9.17, 15) is 14.4 Å². The minimum absolute atomic E-state index is 0.107. The average Bonchev–Trinajstić information content (AvgIpc) is 2.88. The van der Waals surface area contributed by atoms with Gasteiger partial charge in [-0.2, -0.15) is 0 Å². The predicted molar refractivity (Wildman–Crippen MR) is 88.9 cm³/mol. The lowest BCUT2D eigenvalue weighted by atomic mass is 10.3. The Kier molecular flexibility index (Phi) is 5.49. The normalized spacial score (nSPS) is 10.7. The van der Waals surface area contributed by atoms with Crippen molar-refractivity contribution in [2.45, 2.75) is 33.2 Å². The smallest absolute Gasteiger partial charge is 0.331 e. The zero-order valence-corrected chi connectivity index (χ0v) is 14.3. The second-order valence-electron chi connectivity index (χ2n) is 5.19. The summed E-state index contributed by atoms with van der Waals surface area (Å²) < 4.78 is 2.18. The summed E-state index contributed by atoms with van der Waals surface area (Å²) in [5.41, 5.74) is 0.210. The van der Waals surface area contributed by atoms with Crippen LogP contribution in [0.15, 0.2) is 21.9 Å². The van der Waals surface area contributed by atoms with E-state index in [4.69, 9.17) is 0 Å². The van der Waals surface area contributed by atoms with Crippen LogP contribution in [0.2, 0.25) is 0 Å². The topological polar surface area (TPSA) is 86.0 Å². The maximum absolute atomic E-state index is 11.9. The Balaban J connectivity index is 1.89. The molecule has 0 aromatic carbocycles. The third-order valence-corrected chi connectivity index (χ3v) is 4.58. The Morgan fingerprint density at radius 2 is 2.13 bits per heavy atom. The van der Waals surface area contributed by atoms with E-state index in [2.05, 4.69) is 17.2 Å². The van der Waals surface area contributed by atoms with Gasteiger partial charge in [0.15, 0.2) is 0 Å². The molecule has 1 amide bonds. The van der Waals surface area contributed by atoms with Gasteiger partial charge in [-0.15, -0.1) is 11.3 Å². The van der Waals surface area contributed by atoms with Gasteiger partial charge in [0.2, 0.25) is 5.91 Å². The summed E-state index contributed by atoms with van der Waals surface area (Å²) in [6.45, 7) is 4.47. The first-order chi connectivity index (χ1) is 10.9. The van der Waals surface area contributed by atoms with Crippen molar-refractivity contribution in [1.29, 1.82) is 0 Å². The molecule has 2 rings (SSSR count). The van der Waals surface area contributed by atoms with Crippen molar-refractivity contribution in [2.24, 2.45) is 7.05 Å². The summed E-state index contributed by atoms with van der Waals surface area (Å²) in [4.78, 5) is 40.8. The molecule has 7 nitrogen and oxygen atoms in total. The SMILES string of the molecule is CCc1nc(CCNC(=O)Cn2ccc(=O)n(C)c2=O)sc1C. The Labute approximate surface area is 137 Å². The van der Waals surface area contributed by atoms with Gasteiger partial charge in [0.1, 0.15) is 6.54 Å². The van der Waals surface area contributed by atoms with Gasteiger partial charge in [-0.1, -0.05) is 6.92 Å². The van der Waals surface area contributed by atoms with E-state index < -0.39 is 11.2 Å². The molecule has 0 unspecified atom stereocenters. The molecule has 1 N–H and O–H groups in total. The van der Waals surface area contributed by atoms with Gasteiger partial charge < -0.3 is 5.32 Å². The molecular formula is C15H20N4O3S. The highest BCUT2D eigenvalue weighted by atomic mass is 32.1. The molecule has 0 saturated heterocycles. The minimum atomic E-state index is -0.504. The molecule has 0 fully saturated rings. The van der Waals surface area contributed by atoms with Crippen LogP contribution in [0.5, 0.6) is 0 Å². The van der Waals surface area contributed by atoms with E-state index in [1.54, 1.807) is 11.3 Å². The molecule has 0 aliphatic heterocycles. The molecule has 0 spiro atoms. The van der Waals surface area contributed by atoms with Gasteiger partial charge in [-0.25, -0.2) is 9.78 Å². The largest absolute Gasteiger partial charge is 0.354 e. The molecule has 2 heterocycles. The maximum Gasteiger partial charge on any atom is 0.331 e. The van der Waals surface area contributed by atoms with Gasteiger partial charge >= 0.3 is 5.69 Å². The fourth-order valence-corrected chi connectivity index (χ4v) is 3.20. The molecule has 8 heteroatoms. The highest BCUT2D eigenvalue weighted by Gasteiger charge is 2.08. The number of aryl methyl sites for hydroxylation is 2. The molecule has 0 atom stereocenters. The molecule has 0 saturated carbocycles. The molecule has 124 valence electrons. The number of hydrogen-bond acceptors (Lipinski definition) is 5. The number of hydrogen-bond donors (Lipinski definition) is 1. The third-order valence-electron chi connectivity index (χ3n) is 3.51. The number of amides is 1. The molecule has 0 aliphatic carbocycles. The fourth-order valence-electron chi connectivity index (χ4n) is 2.18. The van der Waals surface area contributed by atoms with Gasteiger partial charge in [-0.3, -0.25) is 18.7 Å². The van der Waals surface area contributed by atoms with E-state index in [1.807, 2.05) is 6.92 Å². The summed E-state index contributed by atoms with van der Waals surface area (Å²) >= 11 is 1.64. The first kappa shape index (κ1) is 17.1. The number of nitrogens with one attached hydrogen (secondary N) is 1. The van der Waals surface area contributed by atoms with Crippen LogP contribution in [0.3, 0.4) is 0 Å². The molecule has 2 aromatic rings. The number of rotatable bonds is 6. The number of nitrogens with zero attached hydrogens (tertiary/aromatic N) is 3. The molecule has 2 aromatic heterocycles. The Bertz CT molecular complexity index is 819. The van der Waals surface area contributed by atoms with E-state index in [0.29, 0.717) is 13.0 Å². The second-order valence-corrected chi connectivity index (χ2v) is 6.48. The van der Waals surface area contributed by atoms with Crippen molar-refractivity contribution in [3.8, 4) is 0 Å². The van der Waals surface area contributed by atoms with Crippen LogP contribution in [0, 0.1) is 6.92 Å². The third kappa shape index (κ3) is 4.16. The van der Waals surface area contributed by atoms with Crippen LogP contribution >= 0.6 is 11.3 Å². The Hall–Kier alpha value is -2.22. The molecule has 23 heavy (non-hydrogen) atoms. The Morgan fingerprint density at radius 1 is 1.39 bits per heavy atom. The molecular weight excluding hydrogens is 316 g/mol. The lowest BCUT2D eigenvalue weighted by molar-refractivity contribution is -0.121. The van der Waals surface area contributed by atoms with Crippen LogP contribution in [0.25, 0.3) is 0 Å². The van der Waals surface area contributed by atoms with Gasteiger partial charge in [0.25, 0.3) is 5.56 Å². The van der Waals surface area contributed by atoms with E-state index in [0.717, 1.165) is 21.7 Å². The monoisotopic (exact) mass is 336 g/mol. The van der Waals surface area contributed by atoms with E-state index >= 15 is 0 Å². The molecule has 0 radical (unpaired) electrons. The first-order valence-corrected chi connectivity index (χ1v) is 8.22. The van der Waals surface area contributed by atoms with E-state index in [1.165, 1.54) is 28.8 Å². The van der Waals surface area contributed by atoms with E-state index in [-0.39, 0.29) is 12.5 Å². The quantitative estimate of drug-likeness (QED) is 0.818. The van der Waals surface area contributed by atoms with Gasteiger partial charge in [0, 0.05) is 37.2 Å². The Morgan fingerprint density at radius 3 is 2.78 bits per heavy atom. The van der Waals surface area contributed by atoms with Crippen molar-refractivity contribution in [2.75, 3.05) is 6.54 Å². The highest BCUT2D eigenvalue weighted by molar-refractivity contribution is 7.11. The van der Waals surface area contributed by atoms with Crippen molar-refractivity contribution >= 4 is 17.2 Å². The summed E-state index contributed by atoms with van der Waals surface area (Å²) in [5.74, 6) is -0.269. The zero-order valence-electron chi connectivity index (χ0n) is 13.5. The highest BCUT2D eigenvalue weighted by Crippen LogP contribution is 2.17. The van der Waals surface area contributed by atoms with Crippen molar-refractivity contribution < 1.29 is 4.79 Å². The summed E-state index contributed by atoms with van der Waals surface area (Å²) in [7, 11) is 1.38. The summed E-state index contributed by atoms with van der Waals surface area (Å²) in [5, 5.41) is 3.77. The summed E-state index contributed by atoms with van der Waals surface area (Å²) in [6, 6.07) is 1.26. The number of thiazole rings is 1. The number of carbonyl (C=O) groups is 1. The fraction of sp³-hybridized carbons (Fsp3) is 0.467. The van der Waals surface area contributed by atoms with Crippen LogP contribution in [0.4, 0.5) is 0 Å². The van der Waals surface area contributed by atoms with Crippen molar-refractivity contribution in [3.05, 3.63) is 48.7 Å². The molecule has 0 bridgehead atoms. The van der Waals surface area contributed by atoms with Crippen LogP contribution in [0.1, 0.15) is 22.5 Å². The first-order valence-electron chi connectivity index (χ1n) is 7.40. The van der Waals surface area contributed by atoms with Crippen molar-refractivity contribution in [3.63, 3.8) is 0 Å². The molecule has 0 aliphatic rings. The van der Waals surface area contributed by atoms with Crippen molar-refractivity contribution in [1.82, 2.24) is 19.4 Å². The standard InChI is InChI=1S/C15H20N4O3S/c1-4-11-10(2)23-13(17-11)5-7-16-12(20)9-19-8-6-14(21)18(3)15(19)22/h6,8H,4-5,7,9H2,1-3H3,(H,16,20). The number of carbonyl (C=O) groups excluding carboxylic acids is 1. The number of aromatic nitrogens is 3. The average molecular weight is 336 g/mol. The van der Waals surface area contributed by atoms with Crippen LogP contribution in [-0.2, 0) is 31.2 Å². The summed E-state index contributed by atoms with van der Waals surface area (Å²) in [6.07, 6.45) is 2.91.